The van der Waals surface area contributed by atoms with E-state index in [1.54, 1.807) is 0 Å². The van der Waals surface area contributed by atoms with Crippen molar-refractivity contribution in [3.8, 4) is 0 Å². The Kier molecular flexibility index (Phi) is 4.04. The average Bonchev–Trinajstić information content (AvgIpc) is 2.75. The Bertz CT molecular complexity index is 337. The number of aliphatic carboxylic acids is 1. The molecule has 3 unspecified atom stereocenters. The average molecular weight is 258 g/mol. The molecule has 2 rings (SSSR count). The van der Waals surface area contributed by atoms with Crippen molar-refractivity contribution in [1.82, 2.24) is 10.2 Å². The zero-order chi connectivity index (χ0) is 13.1. The third-order valence-electron chi connectivity index (χ3n) is 3.75. The van der Waals surface area contributed by atoms with E-state index in [4.69, 9.17) is 5.11 Å². The van der Waals surface area contributed by atoms with Gasteiger partial charge >= 0.3 is 12.0 Å². The number of amides is 2. The Morgan fingerprint density at radius 2 is 2.06 bits per heavy atom. The van der Waals surface area contributed by atoms with Crippen LogP contribution < -0.4 is 5.32 Å². The van der Waals surface area contributed by atoms with Gasteiger partial charge in [-0.2, -0.15) is 0 Å². The van der Waals surface area contributed by atoms with Crippen molar-refractivity contribution < 1.29 is 19.1 Å². The molecule has 102 valence electrons. The molecule has 1 aliphatic heterocycles. The fourth-order valence-electron chi connectivity index (χ4n) is 2.69. The van der Waals surface area contributed by atoms with Gasteiger partial charge in [0.1, 0.15) is 6.17 Å². The summed E-state index contributed by atoms with van der Waals surface area (Å²) < 4.78 is 13.0. The van der Waals surface area contributed by atoms with E-state index in [-0.39, 0.29) is 18.6 Å². The number of carbonyl (C=O) groups excluding carboxylic acids is 1. The Hall–Kier alpha value is -1.33. The summed E-state index contributed by atoms with van der Waals surface area (Å²) in [6.07, 6.45) is 2.06. The van der Waals surface area contributed by atoms with Crippen LogP contribution in [0.4, 0.5) is 9.18 Å². The van der Waals surface area contributed by atoms with Gasteiger partial charge in [-0.15, -0.1) is 0 Å². The van der Waals surface area contributed by atoms with Gasteiger partial charge in [0.05, 0.1) is 5.92 Å². The van der Waals surface area contributed by atoms with Crippen molar-refractivity contribution in [3.63, 3.8) is 0 Å². The number of rotatable bonds is 2. The minimum absolute atomic E-state index is 0.0993. The summed E-state index contributed by atoms with van der Waals surface area (Å²) in [6, 6.07) is -0.349. The molecule has 1 saturated carbocycles. The lowest BCUT2D eigenvalue weighted by Gasteiger charge is -2.31. The predicted octanol–water partition coefficient (Wildman–Crippen LogP) is 1.38. The smallest absolute Gasteiger partial charge is 0.317 e. The lowest BCUT2D eigenvalue weighted by atomic mass is 9.99. The van der Waals surface area contributed by atoms with Crippen LogP contribution in [-0.2, 0) is 4.79 Å². The number of piperidine rings is 1. The van der Waals surface area contributed by atoms with Gasteiger partial charge in [0.15, 0.2) is 0 Å². The molecule has 2 amide bonds. The topological polar surface area (TPSA) is 69.6 Å². The fourth-order valence-corrected chi connectivity index (χ4v) is 2.69. The Balaban J connectivity index is 1.83. The van der Waals surface area contributed by atoms with E-state index < -0.39 is 18.1 Å². The van der Waals surface area contributed by atoms with Gasteiger partial charge in [0, 0.05) is 19.1 Å². The summed E-state index contributed by atoms with van der Waals surface area (Å²) in [7, 11) is 0. The van der Waals surface area contributed by atoms with Gasteiger partial charge in [0.25, 0.3) is 0 Å². The van der Waals surface area contributed by atoms with E-state index in [1.165, 1.54) is 4.90 Å². The molecule has 2 aliphatic rings. The molecule has 2 fully saturated rings. The van der Waals surface area contributed by atoms with Crippen molar-refractivity contribution in [1.29, 1.82) is 0 Å². The number of urea groups is 1. The third-order valence-corrected chi connectivity index (χ3v) is 3.75. The van der Waals surface area contributed by atoms with Gasteiger partial charge in [-0.3, -0.25) is 4.79 Å². The van der Waals surface area contributed by atoms with Crippen molar-refractivity contribution in [2.24, 2.45) is 5.92 Å². The molecule has 0 aromatic heterocycles. The largest absolute Gasteiger partial charge is 0.481 e. The number of likely N-dealkylation sites (tertiary alicyclic amines) is 1. The van der Waals surface area contributed by atoms with Gasteiger partial charge in [-0.25, -0.2) is 9.18 Å². The highest BCUT2D eigenvalue weighted by Crippen LogP contribution is 2.22. The van der Waals surface area contributed by atoms with Crippen LogP contribution in [0.3, 0.4) is 0 Å². The quantitative estimate of drug-likeness (QED) is 0.786. The number of hydrogen-bond donors (Lipinski definition) is 2. The van der Waals surface area contributed by atoms with Crippen molar-refractivity contribution in [2.45, 2.75) is 44.3 Å². The van der Waals surface area contributed by atoms with Gasteiger partial charge in [-0.05, 0) is 32.1 Å². The maximum atomic E-state index is 13.0. The second-order valence-electron chi connectivity index (χ2n) is 5.18. The molecule has 0 aromatic carbocycles. The number of carboxylic acid groups (broad SMARTS) is 1. The summed E-state index contributed by atoms with van der Waals surface area (Å²) in [5.41, 5.74) is 0. The Morgan fingerprint density at radius 3 is 2.67 bits per heavy atom. The highest BCUT2D eigenvalue weighted by Gasteiger charge is 2.31. The fraction of sp³-hybridized carbons (Fsp3) is 0.833. The molecule has 3 atom stereocenters. The van der Waals surface area contributed by atoms with Gasteiger partial charge < -0.3 is 15.3 Å². The Labute approximate surface area is 105 Å². The molecule has 0 spiro atoms. The summed E-state index contributed by atoms with van der Waals surface area (Å²) in [4.78, 5) is 24.4. The molecular formula is C12H19FN2O3. The lowest BCUT2D eigenvalue weighted by molar-refractivity contribution is -0.143. The molecule has 0 bridgehead atoms. The van der Waals surface area contributed by atoms with E-state index >= 15 is 0 Å². The molecule has 1 heterocycles. The van der Waals surface area contributed by atoms with Crippen molar-refractivity contribution in [3.05, 3.63) is 0 Å². The maximum absolute atomic E-state index is 13.0. The zero-order valence-corrected chi connectivity index (χ0v) is 10.3. The Morgan fingerprint density at radius 1 is 1.28 bits per heavy atom. The first kappa shape index (κ1) is 13.1. The number of hydrogen-bond acceptors (Lipinski definition) is 2. The van der Waals surface area contributed by atoms with Crippen LogP contribution in [0.15, 0.2) is 0 Å². The number of halogens is 1. The minimum atomic E-state index is -0.850. The highest BCUT2D eigenvalue weighted by molar-refractivity contribution is 5.76. The molecule has 2 N–H and O–H groups in total. The van der Waals surface area contributed by atoms with Crippen LogP contribution >= 0.6 is 0 Å². The zero-order valence-electron chi connectivity index (χ0n) is 10.3. The van der Waals surface area contributed by atoms with Crippen LogP contribution in [0.2, 0.25) is 0 Å². The van der Waals surface area contributed by atoms with Crippen LogP contribution in [0.25, 0.3) is 0 Å². The summed E-state index contributed by atoms with van der Waals surface area (Å²) in [5, 5.41) is 11.7. The second kappa shape index (κ2) is 5.54. The normalized spacial score (nSPS) is 32.3. The molecule has 0 aromatic rings. The predicted molar refractivity (Wildman–Crippen MR) is 63.0 cm³/mol. The van der Waals surface area contributed by atoms with E-state index in [0.717, 1.165) is 0 Å². The molecule has 18 heavy (non-hydrogen) atoms. The van der Waals surface area contributed by atoms with E-state index in [0.29, 0.717) is 38.6 Å². The molecule has 5 nitrogen and oxygen atoms in total. The summed E-state index contributed by atoms with van der Waals surface area (Å²) in [5.74, 6) is -1.32. The van der Waals surface area contributed by atoms with Crippen LogP contribution in [-0.4, -0.2) is 47.3 Å². The first-order valence-corrected chi connectivity index (χ1v) is 6.48. The molecule has 1 aliphatic carbocycles. The van der Waals surface area contributed by atoms with Crippen LogP contribution in [0.1, 0.15) is 32.1 Å². The van der Waals surface area contributed by atoms with E-state index in [9.17, 15) is 14.0 Å². The molecule has 6 heteroatoms. The number of alkyl halides is 1. The number of nitrogens with zero attached hydrogens (tertiary/aromatic N) is 1. The summed E-state index contributed by atoms with van der Waals surface area (Å²) in [6.45, 7) is 0.842. The van der Waals surface area contributed by atoms with E-state index in [2.05, 4.69) is 5.32 Å². The monoisotopic (exact) mass is 258 g/mol. The lowest BCUT2D eigenvalue weighted by Crippen LogP contribution is -2.49. The summed E-state index contributed by atoms with van der Waals surface area (Å²) >= 11 is 0. The first-order chi connectivity index (χ1) is 8.56. The second-order valence-corrected chi connectivity index (χ2v) is 5.18. The third kappa shape index (κ3) is 3.11. The molecule has 0 radical (unpaired) electrons. The van der Waals surface area contributed by atoms with Crippen LogP contribution in [0, 0.1) is 5.92 Å². The number of nitrogens with one attached hydrogen (secondary N) is 1. The number of carboxylic acids is 1. The maximum Gasteiger partial charge on any atom is 0.317 e. The minimum Gasteiger partial charge on any atom is -0.481 e. The van der Waals surface area contributed by atoms with Crippen molar-refractivity contribution >= 4 is 12.0 Å². The number of carbonyl (C=O) groups is 2. The van der Waals surface area contributed by atoms with Crippen LogP contribution in [0.5, 0.6) is 0 Å². The van der Waals surface area contributed by atoms with Gasteiger partial charge in [0.2, 0.25) is 0 Å². The first-order valence-electron chi connectivity index (χ1n) is 6.48. The van der Waals surface area contributed by atoms with E-state index in [1.807, 2.05) is 0 Å². The molecular weight excluding hydrogens is 239 g/mol. The van der Waals surface area contributed by atoms with Crippen molar-refractivity contribution in [2.75, 3.05) is 13.1 Å². The highest BCUT2D eigenvalue weighted by atomic mass is 19.1. The standard InChI is InChI=1S/C12H19FN2O3/c13-9-3-4-10(6-9)14-12(18)15-5-1-2-8(7-15)11(16)17/h8-10H,1-7H2,(H,14,18)(H,16,17). The SMILES string of the molecule is O=C(O)C1CCCN(C(=O)NC2CCC(F)C2)C1. The molecule has 1 saturated heterocycles. The van der Waals surface area contributed by atoms with Gasteiger partial charge in [-0.1, -0.05) is 0 Å².